The molecular formula is C22H22Cl2N2O4S2. The number of hydrogen-bond acceptors (Lipinski definition) is 7. The van der Waals surface area contributed by atoms with Crippen molar-refractivity contribution < 1.29 is 17.9 Å². The number of anilines is 1. The van der Waals surface area contributed by atoms with Crippen molar-refractivity contribution >= 4 is 49.5 Å². The fourth-order valence-electron chi connectivity index (χ4n) is 3.78. The average Bonchev–Trinajstić information content (AvgIpc) is 3.28. The lowest BCUT2D eigenvalue weighted by Gasteiger charge is -2.31. The van der Waals surface area contributed by atoms with E-state index in [2.05, 4.69) is 4.90 Å². The standard InChI is InChI=1S/C22H22Cl2N2O4S2/c1-29-15-4-6-21(20(12-15)30-2)32(27,28)16-7-9-26(10-8-16)22-25-19(13-31-22)17-5-3-14(23)11-18(17)24/h3-6,11-13,16H,7-10H2,1-2H3. The predicted molar refractivity (Wildman–Crippen MR) is 130 cm³/mol. The molecule has 10 heteroatoms. The van der Waals surface area contributed by atoms with Gasteiger partial charge >= 0.3 is 0 Å². The number of ether oxygens (including phenoxy) is 2. The molecule has 1 aromatic heterocycles. The molecule has 0 saturated carbocycles. The molecule has 0 N–H and O–H groups in total. The SMILES string of the molecule is COc1ccc(S(=O)(=O)C2CCN(c3nc(-c4ccc(Cl)cc4Cl)cs3)CC2)c(OC)c1. The Balaban J connectivity index is 1.48. The Morgan fingerprint density at radius 3 is 2.47 bits per heavy atom. The van der Waals surface area contributed by atoms with Gasteiger partial charge in [0, 0.05) is 35.1 Å². The van der Waals surface area contributed by atoms with E-state index in [0.717, 1.165) is 16.4 Å². The van der Waals surface area contributed by atoms with E-state index in [1.54, 1.807) is 30.3 Å². The summed E-state index contributed by atoms with van der Waals surface area (Å²) in [4.78, 5) is 7.04. The minimum atomic E-state index is -3.54. The lowest BCUT2D eigenvalue weighted by atomic mass is 10.1. The summed E-state index contributed by atoms with van der Waals surface area (Å²) in [5, 5.41) is 3.45. The van der Waals surface area contributed by atoms with Crippen LogP contribution in [-0.2, 0) is 9.84 Å². The third-order valence-corrected chi connectivity index (χ3v) is 9.28. The molecule has 2 heterocycles. The quantitative estimate of drug-likeness (QED) is 0.429. The largest absolute Gasteiger partial charge is 0.497 e. The zero-order valence-corrected chi connectivity index (χ0v) is 20.7. The number of nitrogens with zero attached hydrogens (tertiary/aromatic N) is 2. The molecule has 4 rings (SSSR count). The molecule has 0 spiro atoms. The Kier molecular flexibility index (Phi) is 6.86. The van der Waals surface area contributed by atoms with Crippen LogP contribution >= 0.6 is 34.5 Å². The summed E-state index contributed by atoms with van der Waals surface area (Å²) in [5.74, 6) is 0.854. The highest BCUT2D eigenvalue weighted by Gasteiger charge is 2.34. The van der Waals surface area contributed by atoms with E-state index >= 15 is 0 Å². The van der Waals surface area contributed by atoms with Crippen LogP contribution < -0.4 is 14.4 Å². The second kappa shape index (κ2) is 9.47. The maximum absolute atomic E-state index is 13.3. The molecular weight excluding hydrogens is 491 g/mol. The van der Waals surface area contributed by atoms with Crippen molar-refractivity contribution in [2.75, 3.05) is 32.2 Å². The molecule has 0 amide bonds. The van der Waals surface area contributed by atoms with Gasteiger partial charge in [-0.05, 0) is 43.2 Å². The highest BCUT2D eigenvalue weighted by Crippen LogP contribution is 2.37. The molecule has 170 valence electrons. The zero-order valence-electron chi connectivity index (χ0n) is 17.5. The molecule has 0 atom stereocenters. The van der Waals surface area contributed by atoms with Crippen LogP contribution in [-0.4, -0.2) is 46.0 Å². The number of rotatable bonds is 6. The van der Waals surface area contributed by atoms with Gasteiger partial charge in [-0.15, -0.1) is 11.3 Å². The van der Waals surface area contributed by atoms with E-state index in [1.165, 1.54) is 25.6 Å². The van der Waals surface area contributed by atoms with Crippen LogP contribution in [0.5, 0.6) is 11.5 Å². The molecule has 0 radical (unpaired) electrons. The van der Waals surface area contributed by atoms with Crippen LogP contribution in [0.15, 0.2) is 46.7 Å². The summed E-state index contributed by atoms with van der Waals surface area (Å²) < 4.78 is 37.1. The topological polar surface area (TPSA) is 68.7 Å². The maximum atomic E-state index is 13.3. The summed E-state index contributed by atoms with van der Waals surface area (Å²) in [7, 11) is -0.544. The first-order chi connectivity index (χ1) is 15.3. The number of hydrogen-bond donors (Lipinski definition) is 0. The molecule has 1 fully saturated rings. The number of sulfone groups is 1. The maximum Gasteiger partial charge on any atom is 0.185 e. The Bertz CT molecular complexity index is 1220. The first-order valence-electron chi connectivity index (χ1n) is 9.95. The van der Waals surface area contributed by atoms with Gasteiger partial charge in [-0.25, -0.2) is 13.4 Å². The van der Waals surface area contributed by atoms with Gasteiger partial charge in [0.25, 0.3) is 0 Å². The fourth-order valence-corrected chi connectivity index (χ4v) is 7.03. The number of halogens is 2. The minimum absolute atomic E-state index is 0.202. The van der Waals surface area contributed by atoms with Crippen LogP contribution in [0.25, 0.3) is 11.3 Å². The van der Waals surface area contributed by atoms with Crippen LogP contribution in [0.3, 0.4) is 0 Å². The van der Waals surface area contributed by atoms with E-state index in [-0.39, 0.29) is 4.90 Å². The molecule has 0 unspecified atom stereocenters. The lowest BCUT2D eigenvalue weighted by molar-refractivity contribution is 0.385. The highest BCUT2D eigenvalue weighted by atomic mass is 35.5. The summed E-state index contributed by atoms with van der Waals surface area (Å²) in [5.41, 5.74) is 1.60. The van der Waals surface area contributed by atoms with Gasteiger partial charge in [-0.1, -0.05) is 23.2 Å². The second-order valence-electron chi connectivity index (χ2n) is 7.39. The second-order valence-corrected chi connectivity index (χ2v) is 11.3. The Morgan fingerprint density at radius 1 is 1.06 bits per heavy atom. The smallest absolute Gasteiger partial charge is 0.185 e. The normalized spacial score (nSPS) is 15.1. The molecule has 1 saturated heterocycles. The number of aromatic nitrogens is 1. The first-order valence-corrected chi connectivity index (χ1v) is 13.1. The molecule has 3 aromatic rings. The van der Waals surface area contributed by atoms with Gasteiger partial charge in [0.15, 0.2) is 15.0 Å². The van der Waals surface area contributed by atoms with Crippen molar-refractivity contribution in [3.8, 4) is 22.8 Å². The van der Waals surface area contributed by atoms with Gasteiger partial charge in [0.2, 0.25) is 0 Å². The van der Waals surface area contributed by atoms with E-state index in [4.69, 9.17) is 37.7 Å². The van der Waals surface area contributed by atoms with E-state index in [9.17, 15) is 8.42 Å². The molecule has 6 nitrogen and oxygen atoms in total. The summed E-state index contributed by atoms with van der Waals surface area (Å²) in [6, 6.07) is 10.1. The van der Waals surface area contributed by atoms with Crippen LogP contribution in [0.2, 0.25) is 10.0 Å². The van der Waals surface area contributed by atoms with Crippen LogP contribution in [0, 0.1) is 0 Å². The van der Waals surface area contributed by atoms with Crippen molar-refractivity contribution in [2.45, 2.75) is 23.0 Å². The van der Waals surface area contributed by atoms with Crippen molar-refractivity contribution in [3.63, 3.8) is 0 Å². The number of benzene rings is 2. The third kappa shape index (κ3) is 4.55. The fraction of sp³-hybridized carbons (Fsp3) is 0.318. The number of methoxy groups -OCH3 is 2. The van der Waals surface area contributed by atoms with E-state index < -0.39 is 15.1 Å². The summed E-state index contributed by atoms with van der Waals surface area (Å²) >= 11 is 13.8. The Morgan fingerprint density at radius 2 is 1.81 bits per heavy atom. The van der Waals surface area contributed by atoms with E-state index in [1.807, 2.05) is 11.4 Å². The van der Waals surface area contributed by atoms with Gasteiger partial charge in [0.1, 0.15) is 16.4 Å². The minimum Gasteiger partial charge on any atom is -0.497 e. The molecule has 32 heavy (non-hydrogen) atoms. The van der Waals surface area contributed by atoms with Gasteiger partial charge in [-0.2, -0.15) is 0 Å². The van der Waals surface area contributed by atoms with Gasteiger partial charge in [0.05, 0.1) is 30.2 Å². The monoisotopic (exact) mass is 512 g/mol. The molecule has 0 aliphatic carbocycles. The van der Waals surface area contributed by atoms with Crippen molar-refractivity contribution in [1.82, 2.24) is 4.98 Å². The molecule has 1 aliphatic rings. The highest BCUT2D eigenvalue weighted by molar-refractivity contribution is 7.92. The Hall–Kier alpha value is -2.00. The Labute approximate surface area is 201 Å². The van der Waals surface area contributed by atoms with Crippen LogP contribution in [0.4, 0.5) is 5.13 Å². The number of thiazole rings is 1. The van der Waals surface area contributed by atoms with Crippen molar-refractivity contribution in [1.29, 1.82) is 0 Å². The first kappa shape index (κ1) is 23.2. The number of piperidine rings is 1. The van der Waals surface area contributed by atoms with E-state index in [0.29, 0.717) is 47.5 Å². The summed E-state index contributed by atoms with van der Waals surface area (Å²) in [6.07, 6.45) is 1.02. The summed E-state index contributed by atoms with van der Waals surface area (Å²) in [6.45, 7) is 1.20. The molecule has 0 bridgehead atoms. The van der Waals surface area contributed by atoms with Gasteiger partial charge in [-0.3, -0.25) is 0 Å². The van der Waals surface area contributed by atoms with Crippen LogP contribution in [0.1, 0.15) is 12.8 Å². The third-order valence-electron chi connectivity index (χ3n) is 5.53. The van der Waals surface area contributed by atoms with Crippen molar-refractivity contribution in [2.24, 2.45) is 0 Å². The molecule has 2 aromatic carbocycles. The molecule has 1 aliphatic heterocycles. The lowest BCUT2D eigenvalue weighted by Crippen LogP contribution is -2.39. The zero-order chi connectivity index (χ0) is 22.9. The van der Waals surface area contributed by atoms with Gasteiger partial charge < -0.3 is 14.4 Å². The predicted octanol–water partition coefficient (Wildman–Crippen LogP) is 5.58. The van der Waals surface area contributed by atoms with Crippen molar-refractivity contribution in [3.05, 3.63) is 51.8 Å². The average molecular weight is 513 g/mol.